The van der Waals surface area contributed by atoms with Gasteiger partial charge in [0.25, 0.3) is 0 Å². The molecule has 0 atom stereocenters. The quantitative estimate of drug-likeness (QED) is 0.319. The lowest BCUT2D eigenvalue weighted by Gasteiger charge is -2.29. The fraction of sp³-hybridized carbons (Fsp3) is 0.600. The molecule has 0 amide bonds. The number of ether oxygens (including phenoxy) is 2. The molecule has 0 bridgehead atoms. The molecule has 104 valence electrons. The van der Waals surface area contributed by atoms with Gasteiger partial charge in [-0.2, -0.15) is 0 Å². The van der Waals surface area contributed by atoms with Crippen molar-refractivity contribution in [2.24, 2.45) is 10.8 Å². The van der Waals surface area contributed by atoms with Crippen molar-refractivity contribution < 1.29 is 19.1 Å². The maximum atomic E-state index is 12.1. The van der Waals surface area contributed by atoms with Crippen molar-refractivity contribution in [3.8, 4) is 11.8 Å². The van der Waals surface area contributed by atoms with Crippen molar-refractivity contribution in [1.29, 1.82) is 0 Å². The molecule has 1 aliphatic carbocycles. The van der Waals surface area contributed by atoms with Crippen molar-refractivity contribution in [3.05, 3.63) is 12.7 Å². The second-order valence-corrected chi connectivity index (χ2v) is 4.91. The summed E-state index contributed by atoms with van der Waals surface area (Å²) in [6.45, 7) is 5.46. The second-order valence-electron chi connectivity index (χ2n) is 4.91. The van der Waals surface area contributed by atoms with Crippen LogP contribution in [0.1, 0.15) is 32.6 Å². The summed E-state index contributed by atoms with van der Waals surface area (Å²) >= 11 is 0. The van der Waals surface area contributed by atoms with Crippen LogP contribution in [0.15, 0.2) is 12.7 Å². The number of rotatable bonds is 6. The summed E-state index contributed by atoms with van der Waals surface area (Å²) in [6.07, 6.45) is 4.11. The van der Waals surface area contributed by atoms with Crippen LogP contribution in [-0.4, -0.2) is 26.2 Å². The van der Waals surface area contributed by atoms with Gasteiger partial charge in [-0.15, -0.1) is 18.4 Å². The molecular formula is C15H20O4. The highest BCUT2D eigenvalue weighted by Crippen LogP contribution is 2.55. The zero-order chi connectivity index (χ0) is 14.5. The van der Waals surface area contributed by atoms with Crippen LogP contribution in [0.2, 0.25) is 0 Å². The Hall–Kier alpha value is -1.76. The minimum Gasteiger partial charge on any atom is -0.468 e. The van der Waals surface area contributed by atoms with E-state index in [-0.39, 0.29) is 11.8 Å². The molecule has 0 unspecified atom stereocenters. The summed E-state index contributed by atoms with van der Waals surface area (Å²) in [5, 5.41) is 0. The summed E-state index contributed by atoms with van der Waals surface area (Å²) in [7, 11) is 2.54. The van der Waals surface area contributed by atoms with Gasteiger partial charge in [-0.05, 0) is 31.6 Å². The Labute approximate surface area is 114 Å². The number of esters is 2. The molecule has 19 heavy (non-hydrogen) atoms. The fourth-order valence-electron chi connectivity index (χ4n) is 2.28. The fourth-order valence-corrected chi connectivity index (χ4v) is 2.28. The molecule has 4 nitrogen and oxygen atoms in total. The van der Waals surface area contributed by atoms with E-state index in [0.29, 0.717) is 6.42 Å². The van der Waals surface area contributed by atoms with Gasteiger partial charge in [0.05, 0.1) is 14.2 Å². The minimum absolute atomic E-state index is 0.110. The highest BCUT2D eigenvalue weighted by Gasteiger charge is 2.56. The SMILES string of the molecule is C=CC1(CC(CC#CC)(C(=O)OC)C(=O)OC)CC1. The molecule has 4 heteroatoms. The first-order chi connectivity index (χ1) is 9.00. The van der Waals surface area contributed by atoms with E-state index in [0.717, 1.165) is 12.8 Å². The van der Waals surface area contributed by atoms with Gasteiger partial charge < -0.3 is 9.47 Å². The van der Waals surface area contributed by atoms with E-state index in [4.69, 9.17) is 9.47 Å². The van der Waals surface area contributed by atoms with Gasteiger partial charge in [0.1, 0.15) is 0 Å². The molecule has 0 aromatic carbocycles. The standard InChI is InChI=1S/C15H20O4/c1-5-7-8-15(12(16)18-3,13(17)19-4)11-14(6-2)9-10-14/h6H,2,8-11H2,1,3-4H3. The molecule has 0 aromatic heterocycles. The summed E-state index contributed by atoms with van der Waals surface area (Å²) in [6, 6.07) is 0. The minimum atomic E-state index is -1.35. The molecule has 1 saturated carbocycles. The third kappa shape index (κ3) is 2.98. The third-order valence-electron chi connectivity index (χ3n) is 3.70. The van der Waals surface area contributed by atoms with Gasteiger partial charge in [-0.3, -0.25) is 9.59 Å². The summed E-state index contributed by atoms with van der Waals surface area (Å²) in [4.78, 5) is 24.3. The Bertz CT molecular complexity index is 419. The first kappa shape index (κ1) is 15.3. The molecule has 0 saturated heterocycles. The van der Waals surface area contributed by atoms with Crippen LogP contribution in [0.5, 0.6) is 0 Å². The Balaban J connectivity index is 3.15. The maximum absolute atomic E-state index is 12.1. The van der Waals surface area contributed by atoms with Gasteiger partial charge in [0.15, 0.2) is 5.41 Å². The normalized spacial score (nSPS) is 15.7. The van der Waals surface area contributed by atoms with Crippen molar-refractivity contribution in [2.45, 2.75) is 32.6 Å². The Morgan fingerprint density at radius 2 is 1.84 bits per heavy atom. The molecule has 1 fully saturated rings. The van der Waals surface area contributed by atoms with E-state index >= 15 is 0 Å². The number of hydrogen-bond acceptors (Lipinski definition) is 4. The van der Waals surface area contributed by atoms with Crippen LogP contribution in [-0.2, 0) is 19.1 Å². The van der Waals surface area contributed by atoms with Crippen LogP contribution in [0.4, 0.5) is 0 Å². The van der Waals surface area contributed by atoms with Crippen LogP contribution >= 0.6 is 0 Å². The average Bonchev–Trinajstić information content (AvgIpc) is 3.21. The second kappa shape index (κ2) is 5.92. The average molecular weight is 264 g/mol. The number of allylic oxidation sites excluding steroid dienone is 1. The third-order valence-corrected chi connectivity index (χ3v) is 3.70. The van der Waals surface area contributed by atoms with Crippen LogP contribution < -0.4 is 0 Å². The summed E-state index contributed by atoms with van der Waals surface area (Å²) in [5.74, 6) is 4.35. The predicted octanol–water partition coefficient (Wildman–Crippen LogP) is 2.09. The number of carbonyl (C=O) groups excluding carboxylic acids is 2. The smallest absolute Gasteiger partial charge is 0.324 e. The highest BCUT2D eigenvalue weighted by molar-refractivity contribution is 6.00. The van der Waals surface area contributed by atoms with Crippen molar-refractivity contribution in [3.63, 3.8) is 0 Å². The van der Waals surface area contributed by atoms with E-state index in [1.807, 2.05) is 6.08 Å². The van der Waals surface area contributed by atoms with Gasteiger partial charge in [0.2, 0.25) is 0 Å². The number of hydrogen-bond donors (Lipinski definition) is 0. The zero-order valence-corrected chi connectivity index (χ0v) is 11.7. The molecule has 0 spiro atoms. The number of carbonyl (C=O) groups is 2. The van der Waals surface area contributed by atoms with Gasteiger partial charge in [0, 0.05) is 6.42 Å². The van der Waals surface area contributed by atoms with Gasteiger partial charge in [-0.25, -0.2) is 0 Å². The van der Waals surface area contributed by atoms with E-state index in [1.54, 1.807) is 6.92 Å². The molecule has 0 heterocycles. The lowest BCUT2D eigenvalue weighted by molar-refractivity contribution is -0.170. The number of methoxy groups -OCH3 is 2. The van der Waals surface area contributed by atoms with Crippen LogP contribution in [0.25, 0.3) is 0 Å². The largest absolute Gasteiger partial charge is 0.468 e. The lowest BCUT2D eigenvalue weighted by Crippen LogP contribution is -2.42. The molecule has 1 aliphatic rings. The topological polar surface area (TPSA) is 52.6 Å². The zero-order valence-electron chi connectivity index (χ0n) is 11.7. The van der Waals surface area contributed by atoms with E-state index < -0.39 is 17.4 Å². The van der Waals surface area contributed by atoms with Crippen molar-refractivity contribution >= 4 is 11.9 Å². The van der Waals surface area contributed by atoms with Crippen molar-refractivity contribution in [1.82, 2.24) is 0 Å². The Morgan fingerprint density at radius 3 is 2.16 bits per heavy atom. The maximum Gasteiger partial charge on any atom is 0.324 e. The van der Waals surface area contributed by atoms with Crippen LogP contribution in [0, 0.1) is 22.7 Å². The summed E-state index contributed by atoms with van der Waals surface area (Å²) in [5.41, 5.74) is -1.52. The van der Waals surface area contributed by atoms with E-state index in [1.165, 1.54) is 14.2 Å². The van der Waals surface area contributed by atoms with Crippen LogP contribution in [0.3, 0.4) is 0 Å². The molecular weight excluding hydrogens is 244 g/mol. The summed E-state index contributed by atoms with van der Waals surface area (Å²) < 4.78 is 9.62. The van der Waals surface area contributed by atoms with Gasteiger partial charge >= 0.3 is 11.9 Å². The predicted molar refractivity (Wildman–Crippen MR) is 71.0 cm³/mol. The Kier molecular flexibility index (Phi) is 4.77. The van der Waals surface area contributed by atoms with Gasteiger partial charge in [-0.1, -0.05) is 6.08 Å². The molecule has 1 rings (SSSR count). The monoisotopic (exact) mass is 264 g/mol. The Morgan fingerprint density at radius 1 is 1.32 bits per heavy atom. The first-order valence-electron chi connectivity index (χ1n) is 6.20. The van der Waals surface area contributed by atoms with Crippen molar-refractivity contribution in [2.75, 3.05) is 14.2 Å². The molecule has 0 N–H and O–H groups in total. The molecule has 0 aliphatic heterocycles. The molecule has 0 aromatic rings. The van der Waals surface area contributed by atoms with E-state index in [2.05, 4.69) is 18.4 Å². The highest BCUT2D eigenvalue weighted by atomic mass is 16.5. The first-order valence-corrected chi connectivity index (χ1v) is 6.20. The molecule has 0 radical (unpaired) electrons. The lowest BCUT2D eigenvalue weighted by atomic mass is 9.75. The van der Waals surface area contributed by atoms with E-state index in [9.17, 15) is 9.59 Å².